The van der Waals surface area contributed by atoms with E-state index in [1.54, 1.807) is 0 Å². The van der Waals surface area contributed by atoms with Crippen molar-refractivity contribution in [3.63, 3.8) is 0 Å². The van der Waals surface area contributed by atoms with Gasteiger partial charge < -0.3 is 8.85 Å². The normalized spacial score (nSPS) is 30.9. The number of hydrogen-bond donors (Lipinski definition) is 0. The summed E-state index contributed by atoms with van der Waals surface area (Å²) in [6.07, 6.45) is 2.16. The maximum atomic E-state index is 6.48. The topological polar surface area (TPSA) is 21.7 Å². The van der Waals surface area contributed by atoms with Crippen LogP contribution in [0.3, 0.4) is 0 Å². The van der Waals surface area contributed by atoms with Gasteiger partial charge in [-0.2, -0.15) is 0 Å². The molecule has 0 amide bonds. The van der Waals surface area contributed by atoms with Gasteiger partial charge in [-0.3, -0.25) is 4.57 Å². The lowest BCUT2D eigenvalue weighted by Gasteiger charge is -2.32. The number of allylic oxidation sites excluding steroid dienone is 1. The first-order valence-corrected chi connectivity index (χ1v) is 9.21. The second-order valence-corrected chi connectivity index (χ2v) is 8.68. The summed E-state index contributed by atoms with van der Waals surface area (Å²) in [7, 11) is -0.276. The minimum atomic E-state index is -2.39. The molecule has 1 aromatic rings. The molecular formula is C16H25NO2Si. The van der Waals surface area contributed by atoms with E-state index in [-0.39, 0.29) is 12.2 Å². The van der Waals surface area contributed by atoms with Crippen molar-refractivity contribution >= 4 is 8.72 Å². The summed E-state index contributed by atoms with van der Waals surface area (Å²) < 4.78 is 15.0. The maximum Gasteiger partial charge on any atom is 0.432 e. The summed E-state index contributed by atoms with van der Waals surface area (Å²) in [5.41, 5.74) is 1.22. The molecule has 0 bridgehead atoms. The fourth-order valence-corrected chi connectivity index (χ4v) is 6.24. The van der Waals surface area contributed by atoms with Gasteiger partial charge in [0.2, 0.25) is 0 Å². The third kappa shape index (κ3) is 2.88. The highest BCUT2D eigenvalue weighted by Gasteiger charge is 2.54. The van der Waals surface area contributed by atoms with Crippen molar-refractivity contribution in [3.05, 3.63) is 48.6 Å². The van der Waals surface area contributed by atoms with Crippen molar-refractivity contribution in [2.45, 2.75) is 45.1 Å². The van der Waals surface area contributed by atoms with Gasteiger partial charge in [0.15, 0.2) is 0 Å². The first kappa shape index (κ1) is 15.4. The molecule has 0 aromatic heterocycles. The Morgan fingerprint density at radius 2 is 2.05 bits per heavy atom. The Balaban J connectivity index is 2.30. The average molecular weight is 291 g/mol. The van der Waals surface area contributed by atoms with E-state index in [0.717, 1.165) is 6.04 Å². The summed E-state index contributed by atoms with van der Waals surface area (Å²) in [6, 6.07) is 11.5. The molecule has 0 aliphatic carbocycles. The van der Waals surface area contributed by atoms with Gasteiger partial charge in [-0.15, -0.1) is 6.58 Å². The van der Waals surface area contributed by atoms with Crippen molar-refractivity contribution in [1.82, 2.24) is 4.57 Å². The Bertz CT molecular complexity index is 451. The molecule has 4 heteroatoms. The van der Waals surface area contributed by atoms with Crippen LogP contribution in [-0.4, -0.2) is 32.5 Å². The van der Waals surface area contributed by atoms with E-state index >= 15 is 0 Å². The van der Waals surface area contributed by atoms with Crippen molar-refractivity contribution in [3.8, 4) is 0 Å². The van der Waals surface area contributed by atoms with Crippen molar-refractivity contribution < 1.29 is 8.85 Å². The molecule has 1 aliphatic rings. The second-order valence-electron chi connectivity index (χ2n) is 5.67. The highest BCUT2D eigenvalue weighted by Crippen LogP contribution is 2.40. The van der Waals surface area contributed by atoms with Crippen molar-refractivity contribution in [2.75, 3.05) is 7.05 Å². The molecule has 0 saturated carbocycles. The highest BCUT2D eigenvalue weighted by atomic mass is 28.4. The highest BCUT2D eigenvalue weighted by molar-refractivity contribution is 6.65. The molecule has 1 saturated heterocycles. The van der Waals surface area contributed by atoms with Gasteiger partial charge in [0.1, 0.15) is 0 Å². The van der Waals surface area contributed by atoms with Crippen LogP contribution in [0, 0.1) is 0 Å². The van der Waals surface area contributed by atoms with Gasteiger partial charge in [-0.25, -0.2) is 0 Å². The molecule has 3 atom stereocenters. The Labute approximate surface area is 123 Å². The van der Waals surface area contributed by atoms with E-state index < -0.39 is 8.72 Å². The molecule has 0 radical (unpaired) electrons. The Morgan fingerprint density at radius 3 is 2.60 bits per heavy atom. The first-order chi connectivity index (χ1) is 9.50. The average Bonchev–Trinajstić information content (AvgIpc) is 2.65. The zero-order valence-corrected chi connectivity index (χ0v) is 13.9. The first-order valence-electron chi connectivity index (χ1n) is 7.24. The van der Waals surface area contributed by atoms with Crippen molar-refractivity contribution in [2.24, 2.45) is 0 Å². The number of likely N-dealkylation sites (N-methyl/N-ethyl adjacent to an activating group) is 1. The van der Waals surface area contributed by atoms with Crippen LogP contribution in [0.25, 0.3) is 0 Å². The molecule has 3 nitrogen and oxygen atoms in total. The molecule has 1 unspecified atom stereocenters. The summed E-state index contributed by atoms with van der Waals surface area (Å²) in [6.45, 7) is 10.2. The fraction of sp³-hybridized carbons (Fsp3) is 0.500. The van der Waals surface area contributed by atoms with Gasteiger partial charge in [0, 0.05) is 18.2 Å². The summed E-state index contributed by atoms with van der Waals surface area (Å²) in [4.78, 5) is 0. The number of nitrogens with zero attached hydrogens (tertiary/aromatic N) is 1. The van der Waals surface area contributed by atoms with Crippen LogP contribution in [0.15, 0.2) is 43.0 Å². The van der Waals surface area contributed by atoms with Crippen LogP contribution in [-0.2, 0) is 8.85 Å². The molecular weight excluding hydrogens is 266 g/mol. The lowest BCUT2D eigenvalue weighted by Crippen LogP contribution is -2.54. The molecule has 20 heavy (non-hydrogen) atoms. The zero-order chi connectivity index (χ0) is 14.8. The summed E-state index contributed by atoms with van der Waals surface area (Å²) >= 11 is 0. The van der Waals surface area contributed by atoms with E-state index in [9.17, 15) is 0 Å². The van der Waals surface area contributed by atoms with Crippen molar-refractivity contribution in [1.29, 1.82) is 0 Å². The Hall–Kier alpha value is -0.943. The van der Waals surface area contributed by atoms with Crippen LogP contribution >= 0.6 is 0 Å². The Morgan fingerprint density at radius 1 is 1.40 bits per heavy atom. The number of benzene rings is 1. The van der Waals surface area contributed by atoms with Gasteiger partial charge >= 0.3 is 8.72 Å². The molecule has 0 N–H and O–H groups in total. The minimum absolute atomic E-state index is 0.0755. The monoisotopic (exact) mass is 291 g/mol. The lowest BCUT2D eigenvalue weighted by molar-refractivity contribution is 0.112. The molecule has 1 heterocycles. The van der Waals surface area contributed by atoms with Gasteiger partial charge in [0.05, 0.1) is 6.10 Å². The van der Waals surface area contributed by atoms with Crippen LogP contribution in [0.1, 0.15) is 32.4 Å². The fourth-order valence-electron chi connectivity index (χ4n) is 2.78. The second kappa shape index (κ2) is 6.22. The van der Waals surface area contributed by atoms with Gasteiger partial charge in [0.25, 0.3) is 0 Å². The van der Waals surface area contributed by atoms with E-state index in [2.05, 4.69) is 63.2 Å². The van der Waals surface area contributed by atoms with Gasteiger partial charge in [-0.05, 0) is 33.4 Å². The largest absolute Gasteiger partial charge is 0.432 e. The van der Waals surface area contributed by atoms with Crippen LogP contribution < -0.4 is 0 Å². The van der Waals surface area contributed by atoms with Crippen LogP contribution in [0.4, 0.5) is 0 Å². The summed E-state index contributed by atoms with van der Waals surface area (Å²) in [5, 5.41) is 0. The number of hydrogen-bond acceptors (Lipinski definition) is 3. The molecule has 1 aliphatic heterocycles. The predicted octanol–water partition coefficient (Wildman–Crippen LogP) is 3.63. The molecule has 2 rings (SSSR count). The smallest absolute Gasteiger partial charge is 0.380 e. The molecule has 110 valence electrons. The predicted molar refractivity (Wildman–Crippen MR) is 84.5 cm³/mol. The summed E-state index contributed by atoms with van der Waals surface area (Å²) in [5.74, 6) is 0. The quantitative estimate of drug-likeness (QED) is 0.611. The minimum Gasteiger partial charge on any atom is -0.380 e. The van der Waals surface area contributed by atoms with E-state index in [1.807, 2.05) is 12.1 Å². The zero-order valence-electron chi connectivity index (χ0n) is 12.9. The SMILES string of the molecule is C=CC[Si]1(OC(C)C)O[C@H](c2ccccc2)[C@@H](C)N1C. The lowest BCUT2D eigenvalue weighted by atomic mass is 10.0. The van der Waals surface area contributed by atoms with E-state index in [1.165, 1.54) is 5.56 Å². The van der Waals surface area contributed by atoms with Gasteiger partial charge in [-0.1, -0.05) is 36.4 Å². The maximum absolute atomic E-state index is 6.48. The third-order valence-electron chi connectivity index (χ3n) is 3.85. The molecule has 0 spiro atoms. The molecule has 1 fully saturated rings. The van der Waals surface area contributed by atoms with Crippen LogP contribution in [0.2, 0.25) is 6.04 Å². The number of rotatable bonds is 5. The van der Waals surface area contributed by atoms with E-state index in [0.29, 0.717) is 6.04 Å². The third-order valence-corrected chi connectivity index (χ3v) is 7.60. The standard InChI is InChI=1S/C16H25NO2Si/c1-6-12-20(18-13(2)3)17(5)14(4)16(19-20)15-10-8-7-9-11-15/h6-11,13-14,16H,1,12H2,2-5H3/t14-,16+,20?/m1/s1. The van der Waals surface area contributed by atoms with Crippen LogP contribution in [0.5, 0.6) is 0 Å². The molecule has 1 aromatic carbocycles. The Kier molecular flexibility index (Phi) is 4.81. The van der Waals surface area contributed by atoms with E-state index in [4.69, 9.17) is 8.85 Å².